The molecule has 0 spiro atoms. The molecule has 1 aromatic heterocycles. The van der Waals surface area contributed by atoms with Crippen LogP contribution in [0.2, 0.25) is 0 Å². The van der Waals surface area contributed by atoms with Crippen LogP contribution in [0.5, 0.6) is 0 Å². The number of carbonyl (C=O) groups is 2. The molecule has 2 aromatic rings. The Balaban J connectivity index is 2.01. The quantitative estimate of drug-likeness (QED) is 0.909. The van der Waals surface area contributed by atoms with Crippen molar-refractivity contribution in [2.45, 2.75) is 6.42 Å². The van der Waals surface area contributed by atoms with E-state index in [1.165, 1.54) is 16.7 Å². The summed E-state index contributed by atoms with van der Waals surface area (Å²) in [6.45, 7) is 0. The van der Waals surface area contributed by atoms with Crippen molar-refractivity contribution in [3.8, 4) is 10.6 Å². The molecular weight excluding hydrogens is 264 g/mol. The van der Waals surface area contributed by atoms with Crippen LogP contribution in [0, 0.1) is 0 Å². The fourth-order valence-corrected chi connectivity index (χ4v) is 2.90. The van der Waals surface area contributed by atoms with E-state index in [0.29, 0.717) is 11.4 Å². The lowest BCUT2D eigenvalue weighted by molar-refractivity contribution is -0.117. The molecule has 3 rings (SSSR count). The van der Waals surface area contributed by atoms with E-state index in [1.807, 2.05) is 18.2 Å². The molecular formula is C13H10N2O3S. The third-order valence-corrected chi connectivity index (χ3v) is 4.02. The Morgan fingerprint density at radius 1 is 1.47 bits per heavy atom. The van der Waals surface area contributed by atoms with E-state index in [-0.39, 0.29) is 11.6 Å². The molecule has 5 nitrogen and oxygen atoms in total. The van der Waals surface area contributed by atoms with Gasteiger partial charge in [-0.1, -0.05) is 0 Å². The molecule has 1 aromatic carbocycles. The molecule has 1 aliphatic rings. The number of thiazole rings is 1. The molecule has 0 atom stereocenters. The number of hydrogen-bond acceptors (Lipinski definition) is 4. The van der Waals surface area contributed by atoms with Crippen molar-refractivity contribution >= 4 is 28.9 Å². The molecule has 0 fully saturated rings. The largest absolute Gasteiger partial charge is 0.476 e. The zero-order valence-corrected chi connectivity index (χ0v) is 10.9. The molecule has 6 heteroatoms. The van der Waals surface area contributed by atoms with Gasteiger partial charge in [0.2, 0.25) is 5.91 Å². The minimum atomic E-state index is -1.03. The number of hydrogen-bond donors (Lipinski definition) is 1. The molecule has 1 aliphatic heterocycles. The van der Waals surface area contributed by atoms with Crippen molar-refractivity contribution < 1.29 is 14.7 Å². The van der Waals surface area contributed by atoms with Gasteiger partial charge in [0.25, 0.3) is 0 Å². The van der Waals surface area contributed by atoms with E-state index in [1.54, 1.807) is 11.9 Å². The van der Waals surface area contributed by atoms with Crippen LogP contribution in [0.4, 0.5) is 5.69 Å². The van der Waals surface area contributed by atoms with Crippen LogP contribution in [0.25, 0.3) is 10.6 Å². The van der Waals surface area contributed by atoms with Crippen molar-refractivity contribution in [1.82, 2.24) is 4.98 Å². The van der Waals surface area contributed by atoms with Crippen LogP contribution in [0.1, 0.15) is 16.1 Å². The van der Waals surface area contributed by atoms with E-state index in [9.17, 15) is 9.59 Å². The van der Waals surface area contributed by atoms with Gasteiger partial charge in [0, 0.05) is 23.7 Å². The van der Waals surface area contributed by atoms with Crippen molar-refractivity contribution in [2.24, 2.45) is 0 Å². The first-order valence-electron chi connectivity index (χ1n) is 5.65. The number of amides is 1. The fourth-order valence-electron chi connectivity index (χ4n) is 2.11. The normalized spacial score (nSPS) is 13.7. The van der Waals surface area contributed by atoms with Crippen LogP contribution in [-0.4, -0.2) is 29.0 Å². The number of carbonyl (C=O) groups excluding carboxylic acids is 1. The number of rotatable bonds is 2. The Labute approximate surface area is 113 Å². The van der Waals surface area contributed by atoms with Gasteiger partial charge >= 0.3 is 5.97 Å². The third-order valence-electron chi connectivity index (χ3n) is 3.13. The molecule has 0 radical (unpaired) electrons. The van der Waals surface area contributed by atoms with E-state index >= 15 is 0 Å². The number of anilines is 1. The van der Waals surface area contributed by atoms with E-state index in [4.69, 9.17) is 5.11 Å². The summed E-state index contributed by atoms with van der Waals surface area (Å²) in [7, 11) is 1.75. The second-order valence-electron chi connectivity index (χ2n) is 4.32. The monoisotopic (exact) mass is 274 g/mol. The molecule has 0 unspecified atom stereocenters. The summed E-state index contributed by atoms with van der Waals surface area (Å²) in [5.74, 6) is -0.962. The highest BCUT2D eigenvalue weighted by Gasteiger charge is 2.24. The summed E-state index contributed by atoms with van der Waals surface area (Å²) in [4.78, 5) is 28.1. The average molecular weight is 274 g/mol. The standard InChI is InChI=1S/C13H10N2O3S/c1-15-10-3-2-7(4-8(10)5-11(15)16)12-14-9(6-19-12)13(17)18/h2-4,6H,5H2,1H3,(H,17,18). The lowest BCUT2D eigenvalue weighted by atomic mass is 10.1. The van der Waals surface area contributed by atoms with Crippen LogP contribution in [-0.2, 0) is 11.2 Å². The van der Waals surface area contributed by atoms with E-state index < -0.39 is 5.97 Å². The van der Waals surface area contributed by atoms with Gasteiger partial charge in [0.15, 0.2) is 5.69 Å². The highest BCUT2D eigenvalue weighted by Crippen LogP contribution is 2.33. The number of fused-ring (bicyclic) bond motifs is 1. The predicted molar refractivity (Wildman–Crippen MR) is 71.6 cm³/mol. The lowest BCUT2D eigenvalue weighted by Crippen LogP contribution is -2.20. The minimum Gasteiger partial charge on any atom is -0.476 e. The zero-order chi connectivity index (χ0) is 13.6. The molecule has 2 heterocycles. The van der Waals surface area contributed by atoms with Gasteiger partial charge in [-0.05, 0) is 23.8 Å². The summed E-state index contributed by atoms with van der Waals surface area (Å²) < 4.78 is 0. The molecule has 19 heavy (non-hydrogen) atoms. The van der Waals surface area contributed by atoms with Crippen molar-refractivity contribution in [3.63, 3.8) is 0 Å². The van der Waals surface area contributed by atoms with Crippen LogP contribution in [0.3, 0.4) is 0 Å². The van der Waals surface area contributed by atoms with Gasteiger partial charge in [0.05, 0.1) is 6.42 Å². The van der Waals surface area contributed by atoms with Gasteiger partial charge in [-0.25, -0.2) is 9.78 Å². The second-order valence-corrected chi connectivity index (χ2v) is 5.17. The Kier molecular flexibility index (Phi) is 2.60. The average Bonchev–Trinajstić information content (AvgIpc) is 2.96. The maximum Gasteiger partial charge on any atom is 0.355 e. The molecule has 0 saturated heterocycles. The number of nitrogens with zero attached hydrogens (tertiary/aromatic N) is 2. The van der Waals surface area contributed by atoms with Crippen molar-refractivity contribution in [2.75, 3.05) is 11.9 Å². The Morgan fingerprint density at radius 3 is 2.95 bits per heavy atom. The first-order valence-corrected chi connectivity index (χ1v) is 6.53. The Bertz CT molecular complexity index is 693. The molecule has 1 amide bonds. The maximum absolute atomic E-state index is 11.6. The summed E-state index contributed by atoms with van der Waals surface area (Å²) >= 11 is 1.29. The molecule has 0 bridgehead atoms. The number of likely N-dealkylation sites (N-methyl/N-ethyl adjacent to an activating group) is 1. The molecule has 0 saturated carbocycles. The maximum atomic E-state index is 11.6. The van der Waals surface area contributed by atoms with Crippen LogP contribution in [0.15, 0.2) is 23.6 Å². The van der Waals surface area contributed by atoms with Gasteiger partial charge in [-0.2, -0.15) is 0 Å². The van der Waals surface area contributed by atoms with Crippen molar-refractivity contribution in [1.29, 1.82) is 0 Å². The lowest BCUT2D eigenvalue weighted by Gasteiger charge is -2.09. The number of carboxylic acid groups (broad SMARTS) is 1. The summed E-state index contributed by atoms with van der Waals surface area (Å²) in [5, 5.41) is 11.0. The predicted octanol–water partition coefficient (Wildman–Crippen LogP) is 2.03. The summed E-state index contributed by atoms with van der Waals surface area (Å²) in [5.41, 5.74) is 2.76. The minimum absolute atomic E-state index is 0.0497. The highest BCUT2D eigenvalue weighted by atomic mass is 32.1. The van der Waals surface area contributed by atoms with Gasteiger partial charge in [-0.15, -0.1) is 11.3 Å². The van der Waals surface area contributed by atoms with Gasteiger partial charge in [0.1, 0.15) is 5.01 Å². The number of aromatic nitrogens is 1. The van der Waals surface area contributed by atoms with E-state index in [0.717, 1.165) is 16.8 Å². The SMILES string of the molecule is CN1C(=O)Cc2cc(-c3nc(C(=O)O)cs3)ccc21. The van der Waals surface area contributed by atoms with Crippen LogP contribution < -0.4 is 4.90 Å². The third kappa shape index (κ3) is 1.90. The number of aromatic carboxylic acids is 1. The Hall–Kier alpha value is -2.21. The smallest absolute Gasteiger partial charge is 0.355 e. The number of carboxylic acids is 1. The fraction of sp³-hybridized carbons (Fsp3) is 0.154. The zero-order valence-electron chi connectivity index (χ0n) is 10.1. The first-order chi connectivity index (χ1) is 9.06. The summed E-state index contributed by atoms with van der Waals surface area (Å²) in [6, 6.07) is 5.64. The first kappa shape index (κ1) is 11.9. The molecule has 0 aliphatic carbocycles. The van der Waals surface area contributed by atoms with Crippen molar-refractivity contribution in [3.05, 3.63) is 34.8 Å². The summed E-state index contributed by atoms with van der Waals surface area (Å²) in [6.07, 6.45) is 0.386. The number of benzene rings is 1. The molecule has 1 N–H and O–H groups in total. The highest BCUT2D eigenvalue weighted by molar-refractivity contribution is 7.13. The Morgan fingerprint density at radius 2 is 2.26 bits per heavy atom. The second kappa shape index (κ2) is 4.17. The topological polar surface area (TPSA) is 70.5 Å². The van der Waals surface area contributed by atoms with Gasteiger partial charge in [-0.3, -0.25) is 4.79 Å². The van der Waals surface area contributed by atoms with Crippen LogP contribution >= 0.6 is 11.3 Å². The van der Waals surface area contributed by atoms with Gasteiger partial charge < -0.3 is 10.0 Å². The van der Waals surface area contributed by atoms with E-state index in [2.05, 4.69) is 4.98 Å². The molecule has 96 valence electrons.